The number of halogens is 1. The zero-order valence-corrected chi connectivity index (χ0v) is 11.2. The molecule has 4 heteroatoms. The van der Waals surface area contributed by atoms with E-state index < -0.39 is 0 Å². The van der Waals surface area contributed by atoms with Gasteiger partial charge in [0.2, 0.25) is 0 Å². The molecule has 15 heavy (non-hydrogen) atoms. The molecule has 0 saturated carbocycles. The van der Waals surface area contributed by atoms with Gasteiger partial charge in [0.15, 0.2) is 0 Å². The van der Waals surface area contributed by atoms with Gasteiger partial charge in [0.05, 0.1) is 4.47 Å². The average molecular weight is 287 g/mol. The lowest BCUT2D eigenvalue weighted by Gasteiger charge is -2.18. The molecule has 1 saturated heterocycles. The van der Waals surface area contributed by atoms with E-state index in [2.05, 4.69) is 50.6 Å². The second kappa shape index (κ2) is 5.21. The fourth-order valence-corrected chi connectivity index (χ4v) is 3.44. The van der Waals surface area contributed by atoms with Crippen LogP contribution in [0.1, 0.15) is 13.3 Å². The number of aromatic nitrogens is 1. The first-order chi connectivity index (χ1) is 7.31. The first kappa shape index (κ1) is 11.3. The summed E-state index contributed by atoms with van der Waals surface area (Å²) in [6.45, 7) is 4.49. The highest BCUT2D eigenvalue weighted by Crippen LogP contribution is 2.30. The molecule has 0 bridgehead atoms. The lowest BCUT2D eigenvalue weighted by Crippen LogP contribution is -2.21. The van der Waals surface area contributed by atoms with Gasteiger partial charge in [-0.1, -0.05) is 6.92 Å². The van der Waals surface area contributed by atoms with Gasteiger partial charge >= 0.3 is 0 Å². The molecule has 1 aromatic rings. The van der Waals surface area contributed by atoms with Crippen molar-refractivity contribution in [1.29, 1.82) is 0 Å². The molecule has 0 amide bonds. The van der Waals surface area contributed by atoms with E-state index in [1.807, 2.05) is 12.3 Å². The highest BCUT2D eigenvalue weighted by atomic mass is 79.9. The summed E-state index contributed by atoms with van der Waals surface area (Å²) in [4.78, 5) is 6.80. The van der Waals surface area contributed by atoms with Gasteiger partial charge in [0.25, 0.3) is 0 Å². The Morgan fingerprint density at radius 2 is 2.53 bits per heavy atom. The van der Waals surface area contributed by atoms with Crippen LogP contribution in [0.2, 0.25) is 0 Å². The normalized spacial score (nSPS) is 20.9. The SMILES string of the molecule is CCSC1CCN(c2ncccc2Br)C1. The summed E-state index contributed by atoms with van der Waals surface area (Å²) in [6, 6.07) is 4.02. The van der Waals surface area contributed by atoms with Crippen molar-refractivity contribution in [3.05, 3.63) is 22.8 Å². The minimum atomic E-state index is 0.781. The lowest BCUT2D eigenvalue weighted by molar-refractivity contribution is 0.933. The molecule has 2 nitrogen and oxygen atoms in total. The summed E-state index contributed by atoms with van der Waals surface area (Å²) in [7, 11) is 0. The lowest BCUT2D eigenvalue weighted by atomic mass is 10.4. The van der Waals surface area contributed by atoms with Gasteiger partial charge in [-0.15, -0.1) is 0 Å². The van der Waals surface area contributed by atoms with Crippen molar-refractivity contribution in [2.75, 3.05) is 23.7 Å². The Hall–Kier alpha value is -0.220. The number of rotatable bonds is 3. The van der Waals surface area contributed by atoms with Crippen LogP contribution in [0.4, 0.5) is 5.82 Å². The molecule has 0 N–H and O–H groups in total. The third-order valence-corrected chi connectivity index (χ3v) is 4.39. The molecule has 2 rings (SSSR count). The van der Waals surface area contributed by atoms with E-state index in [1.54, 1.807) is 0 Å². The van der Waals surface area contributed by atoms with E-state index in [4.69, 9.17) is 0 Å². The van der Waals surface area contributed by atoms with E-state index in [9.17, 15) is 0 Å². The molecule has 0 radical (unpaired) electrons. The van der Waals surface area contributed by atoms with Gasteiger partial charge in [-0.25, -0.2) is 4.98 Å². The Kier molecular flexibility index (Phi) is 3.92. The second-order valence-corrected chi connectivity index (χ2v) is 6.05. The average Bonchev–Trinajstić information content (AvgIpc) is 2.68. The van der Waals surface area contributed by atoms with Gasteiger partial charge < -0.3 is 4.90 Å². The Bertz CT molecular complexity index is 332. The van der Waals surface area contributed by atoms with Crippen molar-refractivity contribution in [2.45, 2.75) is 18.6 Å². The van der Waals surface area contributed by atoms with Crippen molar-refractivity contribution in [3.8, 4) is 0 Å². The molecule has 0 aromatic carbocycles. The van der Waals surface area contributed by atoms with Crippen LogP contribution in [0.15, 0.2) is 22.8 Å². The molecule has 1 atom stereocenters. The largest absolute Gasteiger partial charge is 0.355 e. The Balaban J connectivity index is 2.04. The van der Waals surface area contributed by atoms with Crippen LogP contribution in [0.3, 0.4) is 0 Å². The molecule has 1 aliphatic heterocycles. The highest BCUT2D eigenvalue weighted by molar-refractivity contribution is 9.10. The zero-order valence-electron chi connectivity index (χ0n) is 8.82. The number of thioether (sulfide) groups is 1. The molecule has 1 unspecified atom stereocenters. The summed E-state index contributed by atoms with van der Waals surface area (Å²) >= 11 is 5.61. The van der Waals surface area contributed by atoms with Crippen molar-refractivity contribution >= 4 is 33.5 Å². The summed E-state index contributed by atoms with van der Waals surface area (Å²) in [5, 5.41) is 0.781. The molecule has 1 aliphatic rings. The van der Waals surface area contributed by atoms with Gasteiger partial charge in [-0.05, 0) is 40.2 Å². The van der Waals surface area contributed by atoms with E-state index in [1.165, 1.54) is 12.2 Å². The van der Waals surface area contributed by atoms with E-state index in [0.717, 1.165) is 28.6 Å². The smallest absolute Gasteiger partial charge is 0.142 e. The maximum atomic E-state index is 4.42. The van der Waals surface area contributed by atoms with Crippen molar-refractivity contribution in [3.63, 3.8) is 0 Å². The molecule has 0 spiro atoms. The zero-order chi connectivity index (χ0) is 10.7. The van der Waals surface area contributed by atoms with Crippen LogP contribution < -0.4 is 4.90 Å². The van der Waals surface area contributed by atoms with E-state index >= 15 is 0 Å². The standard InChI is InChI=1S/C11H15BrN2S/c1-2-15-9-5-7-14(8-9)11-10(12)4-3-6-13-11/h3-4,6,9H,2,5,7-8H2,1H3. The number of anilines is 1. The maximum Gasteiger partial charge on any atom is 0.142 e. The molecular formula is C11H15BrN2S. The maximum absolute atomic E-state index is 4.42. The second-order valence-electron chi connectivity index (χ2n) is 3.62. The molecule has 82 valence electrons. The number of pyridine rings is 1. The molecule has 0 aliphatic carbocycles. The minimum absolute atomic E-state index is 0.781. The summed E-state index contributed by atoms with van der Waals surface area (Å²) in [5.74, 6) is 2.30. The van der Waals surface area contributed by atoms with Crippen molar-refractivity contribution in [2.24, 2.45) is 0 Å². The van der Waals surface area contributed by atoms with Gasteiger partial charge in [-0.3, -0.25) is 0 Å². The monoisotopic (exact) mass is 286 g/mol. The van der Waals surface area contributed by atoms with Crippen LogP contribution in [0, 0.1) is 0 Å². The molecule has 1 fully saturated rings. The van der Waals surface area contributed by atoms with Crippen LogP contribution in [-0.4, -0.2) is 29.1 Å². The first-order valence-corrected chi connectivity index (χ1v) is 7.12. The van der Waals surface area contributed by atoms with Crippen LogP contribution in [0.25, 0.3) is 0 Å². The van der Waals surface area contributed by atoms with Crippen LogP contribution in [-0.2, 0) is 0 Å². The molecule has 2 heterocycles. The van der Waals surface area contributed by atoms with Gasteiger partial charge in [0, 0.05) is 24.5 Å². The Morgan fingerprint density at radius 1 is 1.67 bits per heavy atom. The van der Waals surface area contributed by atoms with E-state index in [0.29, 0.717) is 0 Å². The van der Waals surface area contributed by atoms with Crippen molar-refractivity contribution < 1.29 is 0 Å². The fourth-order valence-electron chi connectivity index (χ4n) is 1.90. The highest BCUT2D eigenvalue weighted by Gasteiger charge is 2.24. The first-order valence-electron chi connectivity index (χ1n) is 5.28. The predicted octanol–water partition coefficient (Wildman–Crippen LogP) is 3.18. The van der Waals surface area contributed by atoms with E-state index in [-0.39, 0.29) is 0 Å². The quantitative estimate of drug-likeness (QED) is 0.849. The summed E-state index contributed by atoms with van der Waals surface area (Å²) in [6.07, 6.45) is 3.14. The number of hydrogen-bond acceptors (Lipinski definition) is 3. The van der Waals surface area contributed by atoms with Gasteiger partial charge in [0.1, 0.15) is 5.82 Å². The Labute approximate surface area is 104 Å². The predicted molar refractivity (Wildman–Crippen MR) is 70.7 cm³/mol. The number of nitrogens with zero attached hydrogens (tertiary/aromatic N) is 2. The summed E-state index contributed by atoms with van der Waals surface area (Å²) < 4.78 is 1.10. The third-order valence-electron chi connectivity index (χ3n) is 2.59. The van der Waals surface area contributed by atoms with Crippen LogP contribution >= 0.6 is 27.7 Å². The third kappa shape index (κ3) is 2.67. The molecule has 1 aromatic heterocycles. The Morgan fingerprint density at radius 3 is 3.27 bits per heavy atom. The topological polar surface area (TPSA) is 16.1 Å². The van der Waals surface area contributed by atoms with Crippen molar-refractivity contribution in [1.82, 2.24) is 4.98 Å². The fraction of sp³-hybridized carbons (Fsp3) is 0.545. The molecular weight excluding hydrogens is 272 g/mol. The van der Waals surface area contributed by atoms with Crippen LogP contribution in [0.5, 0.6) is 0 Å². The number of hydrogen-bond donors (Lipinski definition) is 0. The minimum Gasteiger partial charge on any atom is -0.355 e. The van der Waals surface area contributed by atoms with Gasteiger partial charge in [-0.2, -0.15) is 11.8 Å². The summed E-state index contributed by atoms with van der Waals surface area (Å²) in [5.41, 5.74) is 0.